The van der Waals surface area contributed by atoms with Crippen LogP contribution in [-0.4, -0.2) is 57.2 Å². The number of nitrogens with one attached hydrogen (secondary N) is 2. The van der Waals surface area contributed by atoms with Gasteiger partial charge in [-0.25, -0.2) is 0 Å². The molecule has 1 aromatic carbocycles. The van der Waals surface area contributed by atoms with Crippen LogP contribution in [0.1, 0.15) is 42.7 Å². The third-order valence-electron chi connectivity index (χ3n) is 6.54. The van der Waals surface area contributed by atoms with E-state index >= 15 is 0 Å². The molecule has 9 heteroatoms. The molecule has 0 aromatic heterocycles. The predicted octanol–water partition coefficient (Wildman–Crippen LogP) is 2.71. The molecule has 3 aliphatic carbocycles. The first-order chi connectivity index (χ1) is 15.7. The van der Waals surface area contributed by atoms with E-state index in [1.807, 2.05) is 13.0 Å². The maximum atomic E-state index is 13.4. The lowest BCUT2D eigenvalue weighted by Gasteiger charge is -2.51. The van der Waals surface area contributed by atoms with Crippen LogP contribution in [0.2, 0.25) is 25.7 Å². The number of carbonyl (C=O) groups is 3. The number of aromatic hydroxyl groups is 1. The first-order valence-corrected chi connectivity index (χ1v) is 15.5. The van der Waals surface area contributed by atoms with Crippen LogP contribution < -0.4 is 10.9 Å². The monoisotopic (exact) mass is 476 g/mol. The number of esters is 2. The first kappa shape index (κ1) is 25.4. The van der Waals surface area contributed by atoms with E-state index in [2.05, 4.69) is 30.5 Å². The number of hydrogen-bond donors (Lipinski definition) is 3. The smallest absolute Gasteiger partial charge is 0.310 e. The molecule has 4 rings (SSSR count). The Hall–Kier alpha value is -2.23. The van der Waals surface area contributed by atoms with Crippen LogP contribution in [0.5, 0.6) is 5.75 Å². The molecule has 1 saturated carbocycles. The fourth-order valence-electron chi connectivity index (χ4n) is 5.05. The van der Waals surface area contributed by atoms with Crippen LogP contribution in [-0.2, 0) is 23.9 Å². The zero-order chi connectivity index (χ0) is 24.2. The van der Waals surface area contributed by atoms with Gasteiger partial charge in [-0.15, -0.1) is 0 Å². The number of phenols is 1. The van der Waals surface area contributed by atoms with Crippen molar-refractivity contribution in [1.82, 2.24) is 10.9 Å². The third-order valence-corrected chi connectivity index (χ3v) is 8.24. The van der Waals surface area contributed by atoms with Crippen LogP contribution >= 0.6 is 0 Å². The van der Waals surface area contributed by atoms with Gasteiger partial charge in [0.1, 0.15) is 12.0 Å². The SMILES string of the molecule is CCCOC(=O)[C@H]1C(C(=O)OCC[Si](C)(C)C)C2CC(NNCC=O)[C@H]1c1cc(O)ccc12. The number of hydrogen-bond acceptors (Lipinski definition) is 8. The second kappa shape index (κ2) is 10.8. The lowest BCUT2D eigenvalue weighted by molar-refractivity contribution is -0.166. The molecule has 33 heavy (non-hydrogen) atoms. The Bertz CT molecular complexity index is 871. The van der Waals surface area contributed by atoms with Crippen molar-refractivity contribution in [3.63, 3.8) is 0 Å². The van der Waals surface area contributed by atoms with Crippen LogP contribution in [0, 0.1) is 11.8 Å². The summed E-state index contributed by atoms with van der Waals surface area (Å²) in [5.41, 5.74) is 7.84. The molecule has 182 valence electrons. The van der Waals surface area contributed by atoms with Crippen molar-refractivity contribution in [2.45, 2.75) is 63.3 Å². The van der Waals surface area contributed by atoms with Crippen LogP contribution in [0.25, 0.3) is 0 Å². The molecular weight excluding hydrogens is 440 g/mol. The van der Waals surface area contributed by atoms with Gasteiger partial charge in [0.05, 0.1) is 31.6 Å². The van der Waals surface area contributed by atoms with Gasteiger partial charge in [-0.2, -0.15) is 0 Å². The minimum Gasteiger partial charge on any atom is -0.508 e. The zero-order valence-corrected chi connectivity index (χ0v) is 20.9. The number of fused-ring (bicyclic) bond motifs is 2. The highest BCUT2D eigenvalue weighted by Crippen LogP contribution is 2.56. The molecule has 0 saturated heterocycles. The third kappa shape index (κ3) is 5.83. The van der Waals surface area contributed by atoms with Crippen LogP contribution in [0.4, 0.5) is 0 Å². The molecule has 0 radical (unpaired) electrons. The summed E-state index contributed by atoms with van der Waals surface area (Å²) in [6.45, 7) is 9.33. The number of hydrazine groups is 1. The predicted molar refractivity (Wildman–Crippen MR) is 127 cm³/mol. The second-order valence-electron chi connectivity index (χ2n) is 10.2. The lowest BCUT2D eigenvalue weighted by atomic mass is 9.54. The van der Waals surface area contributed by atoms with E-state index in [1.54, 1.807) is 12.1 Å². The Balaban J connectivity index is 1.96. The topological polar surface area (TPSA) is 114 Å². The molecule has 8 nitrogen and oxygen atoms in total. The quantitative estimate of drug-likeness (QED) is 0.147. The minimum atomic E-state index is -1.38. The number of benzene rings is 1. The Morgan fingerprint density at radius 3 is 2.48 bits per heavy atom. The first-order valence-electron chi connectivity index (χ1n) is 11.8. The highest BCUT2D eigenvalue weighted by molar-refractivity contribution is 6.76. The highest BCUT2D eigenvalue weighted by Gasteiger charge is 2.58. The summed E-state index contributed by atoms with van der Waals surface area (Å²) in [6, 6.07) is 5.77. The van der Waals surface area contributed by atoms with Gasteiger partial charge in [-0.05, 0) is 48.1 Å². The molecule has 0 spiro atoms. The molecule has 0 aliphatic heterocycles. The van der Waals surface area contributed by atoms with Gasteiger partial charge in [0.25, 0.3) is 0 Å². The fraction of sp³-hybridized carbons (Fsp3) is 0.625. The molecule has 3 unspecified atom stereocenters. The maximum absolute atomic E-state index is 13.4. The molecule has 1 aromatic rings. The van der Waals surface area contributed by atoms with Gasteiger partial charge in [0.2, 0.25) is 0 Å². The summed E-state index contributed by atoms with van der Waals surface area (Å²) in [5, 5.41) is 10.2. The summed E-state index contributed by atoms with van der Waals surface area (Å²) in [5.74, 6) is -2.73. The fourth-order valence-corrected chi connectivity index (χ4v) is 5.76. The number of ether oxygens (including phenoxy) is 2. The zero-order valence-electron chi connectivity index (χ0n) is 19.9. The van der Waals surface area contributed by atoms with Gasteiger partial charge in [0.15, 0.2) is 0 Å². The van der Waals surface area contributed by atoms with Crippen molar-refractivity contribution in [2.24, 2.45) is 11.8 Å². The summed E-state index contributed by atoms with van der Waals surface area (Å²) in [7, 11) is -1.38. The molecule has 0 amide bonds. The molecule has 0 heterocycles. The molecule has 3 aliphatic rings. The molecule has 5 atom stereocenters. The van der Waals surface area contributed by atoms with Crippen molar-refractivity contribution < 1.29 is 29.0 Å². The van der Waals surface area contributed by atoms with Gasteiger partial charge in [-0.3, -0.25) is 20.4 Å². The van der Waals surface area contributed by atoms with Gasteiger partial charge in [0, 0.05) is 20.0 Å². The maximum Gasteiger partial charge on any atom is 0.310 e. The summed E-state index contributed by atoms with van der Waals surface area (Å²) in [4.78, 5) is 37.4. The largest absolute Gasteiger partial charge is 0.508 e. The number of rotatable bonds is 11. The van der Waals surface area contributed by atoms with E-state index in [-0.39, 0.29) is 36.8 Å². The minimum absolute atomic E-state index is 0.107. The Morgan fingerprint density at radius 2 is 1.82 bits per heavy atom. The standard InChI is InChI=1S/C24H36N2O6Si/c1-5-10-31-24(30)22-20-17-13-15(28)6-7-16(17)18(14-19(20)26-25-8-9-27)21(22)23(29)32-11-12-33(2,3)4/h6-7,9,13,18-22,25-26,28H,5,8,10-12,14H2,1-4H3/t18?,19?,20-,21?,22-/m1/s1. The van der Waals surface area contributed by atoms with Crippen LogP contribution in [0.3, 0.4) is 0 Å². The lowest BCUT2D eigenvalue weighted by Crippen LogP contribution is -2.58. The van der Waals surface area contributed by atoms with Gasteiger partial charge in [-0.1, -0.05) is 32.6 Å². The molecule has 1 fully saturated rings. The average Bonchev–Trinajstić information content (AvgIpc) is 2.76. The average molecular weight is 477 g/mol. The summed E-state index contributed by atoms with van der Waals surface area (Å²) < 4.78 is 11.3. The van der Waals surface area contributed by atoms with Crippen molar-refractivity contribution in [1.29, 1.82) is 0 Å². The van der Waals surface area contributed by atoms with E-state index in [0.29, 0.717) is 19.4 Å². The Kier molecular flexibility index (Phi) is 8.31. The van der Waals surface area contributed by atoms with Crippen LogP contribution in [0.15, 0.2) is 18.2 Å². The Labute approximate surface area is 196 Å². The Morgan fingerprint density at radius 1 is 1.12 bits per heavy atom. The number of phenolic OH excluding ortho intramolecular Hbond substituents is 1. The van der Waals surface area contributed by atoms with Crippen molar-refractivity contribution in [3.8, 4) is 5.75 Å². The molecule has 2 bridgehead atoms. The van der Waals surface area contributed by atoms with E-state index < -0.39 is 31.8 Å². The van der Waals surface area contributed by atoms with E-state index in [1.165, 1.54) is 0 Å². The number of carbonyl (C=O) groups excluding carboxylic acids is 3. The van der Waals surface area contributed by atoms with Gasteiger partial charge >= 0.3 is 11.9 Å². The van der Waals surface area contributed by atoms with Crippen molar-refractivity contribution >= 4 is 26.3 Å². The van der Waals surface area contributed by atoms with E-state index in [0.717, 1.165) is 23.5 Å². The van der Waals surface area contributed by atoms with E-state index in [4.69, 9.17) is 9.47 Å². The number of aldehydes is 1. The van der Waals surface area contributed by atoms with E-state index in [9.17, 15) is 19.5 Å². The molecular formula is C24H36N2O6Si. The van der Waals surface area contributed by atoms with Crippen molar-refractivity contribution in [2.75, 3.05) is 19.8 Å². The normalized spacial score (nSPS) is 25.9. The van der Waals surface area contributed by atoms with Gasteiger partial charge < -0.3 is 19.4 Å². The summed E-state index contributed by atoms with van der Waals surface area (Å²) >= 11 is 0. The second-order valence-corrected chi connectivity index (χ2v) is 15.8. The van der Waals surface area contributed by atoms with Crippen molar-refractivity contribution in [3.05, 3.63) is 29.3 Å². The molecule has 3 N–H and O–H groups in total. The highest BCUT2D eigenvalue weighted by atomic mass is 28.3. The summed E-state index contributed by atoms with van der Waals surface area (Å²) in [6.07, 6.45) is 2.02.